The number of rotatable bonds is 6. The molecule has 0 amide bonds. The van der Waals surface area contributed by atoms with Crippen LogP contribution in [0.1, 0.15) is 52.8 Å². The maximum atomic E-state index is 12.4. The highest BCUT2D eigenvalue weighted by atomic mass is 35.5. The van der Waals surface area contributed by atoms with E-state index in [-0.39, 0.29) is 36.1 Å². The highest BCUT2D eigenvalue weighted by Gasteiger charge is 2.25. The summed E-state index contributed by atoms with van der Waals surface area (Å²) in [7, 11) is 0. The molecule has 0 aromatic heterocycles. The van der Waals surface area contributed by atoms with Crippen molar-refractivity contribution in [2.75, 3.05) is 0 Å². The predicted molar refractivity (Wildman–Crippen MR) is 103 cm³/mol. The fraction of sp³-hybridized carbons (Fsp3) is 0.333. The summed E-state index contributed by atoms with van der Waals surface area (Å²) in [5.74, 6) is 0.339. The number of halogens is 1. The molecule has 0 aliphatic carbocycles. The van der Waals surface area contributed by atoms with Crippen LogP contribution in [0.4, 0.5) is 0 Å². The molecule has 2 unspecified atom stereocenters. The van der Waals surface area contributed by atoms with Gasteiger partial charge in [0.15, 0.2) is 11.6 Å². The number of nitrogens with one attached hydrogen (secondary N) is 1. The fourth-order valence-electron chi connectivity index (χ4n) is 3.36. The van der Waals surface area contributed by atoms with Crippen molar-refractivity contribution in [3.05, 3.63) is 71.8 Å². The summed E-state index contributed by atoms with van der Waals surface area (Å²) in [5.41, 5.74) is 1.53. The lowest BCUT2D eigenvalue weighted by atomic mass is 9.90. The van der Waals surface area contributed by atoms with Gasteiger partial charge < -0.3 is 5.32 Å². The zero-order chi connectivity index (χ0) is 16.8. The molecule has 1 saturated heterocycles. The number of Topliss-reactive ketones (excluding diaryl/α,β-unsaturated/α-hetero) is 2. The van der Waals surface area contributed by atoms with Crippen LogP contribution in [-0.2, 0) is 0 Å². The smallest absolute Gasteiger partial charge is 0.164 e. The van der Waals surface area contributed by atoms with Crippen molar-refractivity contribution < 1.29 is 9.59 Å². The Bertz CT molecular complexity index is 628. The molecule has 0 bridgehead atoms. The third-order valence-corrected chi connectivity index (χ3v) is 4.63. The standard InChI is InChI=1S/C21H23NO2.ClH/c23-20(16-8-3-1-4-9-16)14-18-12-7-13-19(22-18)15-21(24)17-10-5-2-6-11-17;/h1-6,8-11,18-19,22H,7,12-15H2;1H. The Balaban J connectivity index is 0.00000225. The minimum atomic E-state index is 0. The number of ketones is 2. The third-order valence-electron chi connectivity index (χ3n) is 4.63. The molecule has 132 valence electrons. The van der Waals surface area contributed by atoms with Crippen molar-refractivity contribution in [2.24, 2.45) is 0 Å². The van der Waals surface area contributed by atoms with E-state index in [9.17, 15) is 9.59 Å². The Kier molecular flexibility index (Phi) is 7.35. The molecule has 1 N–H and O–H groups in total. The summed E-state index contributed by atoms with van der Waals surface area (Å²) in [6.07, 6.45) is 4.05. The summed E-state index contributed by atoms with van der Waals surface area (Å²) >= 11 is 0. The van der Waals surface area contributed by atoms with Crippen molar-refractivity contribution in [1.82, 2.24) is 5.32 Å². The van der Waals surface area contributed by atoms with Crippen LogP contribution < -0.4 is 5.32 Å². The summed E-state index contributed by atoms with van der Waals surface area (Å²) in [6, 6.07) is 19.2. The van der Waals surface area contributed by atoms with Crippen molar-refractivity contribution >= 4 is 24.0 Å². The van der Waals surface area contributed by atoms with E-state index in [0.717, 1.165) is 30.4 Å². The summed E-state index contributed by atoms with van der Waals surface area (Å²) in [6.45, 7) is 0. The number of benzene rings is 2. The van der Waals surface area contributed by atoms with Crippen LogP contribution in [0.15, 0.2) is 60.7 Å². The Morgan fingerprint density at radius 1 is 0.760 bits per heavy atom. The molecule has 3 nitrogen and oxygen atoms in total. The van der Waals surface area contributed by atoms with Crippen molar-refractivity contribution in [3.8, 4) is 0 Å². The van der Waals surface area contributed by atoms with Gasteiger partial charge in [0.25, 0.3) is 0 Å². The molecule has 3 rings (SSSR count). The predicted octanol–water partition coefficient (Wildman–Crippen LogP) is 4.46. The molecule has 1 fully saturated rings. The minimum absolute atomic E-state index is 0. The SMILES string of the molecule is Cl.O=C(CC1CCCC(CC(=O)c2ccccc2)N1)c1ccccc1. The van der Waals surface area contributed by atoms with Gasteiger partial charge in [-0.25, -0.2) is 0 Å². The maximum Gasteiger partial charge on any atom is 0.164 e. The van der Waals surface area contributed by atoms with Gasteiger partial charge in [0.05, 0.1) is 0 Å². The average molecular weight is 358 g/mol. The van der Waals surface area contributed by atoms with E-state index in [4.69, 9.17) is 0 Å². The Morgan fingerprint density at radius 3 is 1.56 bits per heavy atom. The first-order valence-corrected chi connectivity index (χ1v) is 8.65. The second kappa shape index (κ2) is 9.50. The van der Waals surface area contributed by atoms with Gasteiger partial charge in [0.2, 0.25) is 0 Å². The van der Waals surface area contributed by atoms with E-state index in [1.165, 1.54) is 0 Å². The Morgan fingerprint density at radius 2 is 1.16 bits per heavy atom. The molecule has 0 saturated carbocycles. The number of hydrogen-bond donors (Lipinski definition) is 1. The summed E-state index contributed by atoms with van der Waals surface area (Å²) < 4.78 is 0. The summed E-state index contributed by atoms with van der Waals surface area (Å²) in [4.78, 5) is 24.7. The molecule has 25 heavy (non-hydrogen) atoms. The van der Waals surface area contributed by atoms with Crippen molar-refractivity contribution in [2.45, 2.75) is 44.2 Å². The van der Waals surface area contributed by atoms with E-state index in [0.29, 0.717) is 12.8 Å². The third kappa shape index (κ3) is 5.52. The van der Waals surface area contributed by atoms with Crippen LogP contribution in [0, 0.1) is 0 Å². The van der Waals surface area contributed by atoms with Gasteiger partial charge in [-0.3, -0.25) is 9.59 Å². The van der Waals surface area contributed by atoms with E-state index >= 15 is 0 Å². The molecule has 1 heterocycles. The van der Waals surface area contributed by atoms with E-state index < -0.39 is 0 Å². The maximum absolute atomic E-state index is 12.4. The van der Waals surface area contributed by atoms with Gasteiger partial charge in [0, 0.05) is 36.1 Å². The zero-order valence-corrected chi connectivity index (χ0v) is 15.0. The first-order valence-electron chi connectivity index (χ1n) is 8.65. The normalized spacial score (nSPS) is 19.7. The minimum Gasteiger partial charge on any atom is -0.310 e. The number of piperidine rings is 1. The first kappa shape index (κ1) is 19.4. The topological polar surface area (TPSA) is 46.2 Å². The largest absolute Gasteiger partial charge is 0.310 e. The van der Waals surface area contributed by atoms with E-state index in [1.807, 2.05) is 60.7 Å². The van der Waals surface area contributed by atoms with Crippen LogP contribution in [0.2, 0.25) is 0 Å². The molecule has 4 heteroatoms. The lowest BCUT2D eigenvalue weighted by molar-refractivity contribution is 0.0941. The number of hydrogen-bond acceptors (Lipinski definition) is 3. The van der Waals surface area contributed by atoms with Gasteiger partial charge in [0.1, 0.15) is 0 Å². The first-order chi connectivity index (χ1) is 11.7. The second-order valence-corrected chi connectivity index (χ2v) is 6.48. The zero-order valence-electron chi connectivity index (χ0n) is 14.2. The molecule has 2 atom stereocenters. The number of carbonyl (C=O) groups is 2. The second-order valence-electron chi connectivity index (χ2n) is 6.48. The molecule has 0 spiro atoms. The lowest BCUT2D eigenvalue weighted by Crippen LogP contribution is -2.44. The highest BCUT2D eigenvalue weighted by molar-refractivity contribution is 5.97. The van der Waals surface area contributed by atoms with Crippen molar-refractivity contribution in [3.63, 3.8) is 0 Å². The molecule has 2 aromatic carbocycles. The van der Waals surface area contributed by atoms with Crippen LogP contribution >= 0.6 is 12.4 Å². The molecule has 1 aliphatic heterocycles. The lowest BCUT2D eigenvalue weighted by Gasteiger charge is -2.30. The van der Waals surface area contributed by atoms with Crippen LogP contribution in [0.5, 0.6) is 0 Å². The van der Waals surface area contributed by atoms with Crippen LogP contribution in [0.3, 0.4) is 0 Å². The quantitative estimate of drug-likeness (QED) is 0.776. The molecule has 1 aliphatic rings. The van der Waals surface area contributed by atoms with E-state index in [1.54, 1.807) is 0 Å². The van der Waals surface area contributed by atoms with Gasteiger partial charge >= 0.3 is 0 Å². The molecule has 0 radical (unpaired) electrons. The monoisotopic (exact) mass is 357 g/mol. The Labute approximate surface area is 155 Å². The van der Waals surface area contributed by atoms with Crippen molar-refractivity contribution in [1.29, 1.82) is 0 Å². The van der Waals surface area contributed by atoms with Crippen LogP contribution in [0.25, 0.3) is 0 Å². The highest BCUT2D eigenvalue weighted by Crippen LogP contribution is 2.20. The van der Waals surface area contributed by atoms with Gasteiger partial charge in [-0.2, -0.15) is 0 Å². The average Bonchev–Trinajstić information content (AvgIpc) is 2.63. The van der Waals surface area contributed by atoms with E-state index in [2.05, 4.69) is 5.32 Å². The Hall–Kier alpha value is -1.97. The fourth-order valence-corrected chi connectivity index (χ4v) is 3.36. The molecular weight excluding hydrogens is 334 g/mol. The molecular formula is C21H24ClNO2. The molecule has 2 aromatic rings. The van der Waals surface area contributed by atoms with Gasteiger partial charge in [-0.05, 0) is 12.8 Å². The van der Waals surface area contributed by atoms with Crippen LogP contribution in [-0.4, -0.2) is 23.7 Å². The van der Waals surface area contributed by atoms with Gasteiger partial charge in [-0.15, -0.1) is 12.4 Å². The summed E-state index contributed by atoms with van der Waals surface area (Å²) in [5, 5.41) is 3.51. The van der Waals surface area contributed by atoms with Gasteiger partial charge in [-0.1, -0.05) is 67.1 Å². The number of carbonyl (C=O) groups excluding carboxylic acids is 2.